The predicted octanol–water partition coefficient (Wildman–Crippen LogP) is 0.244. The van der Waals surface area contributed by atoms with E-state index in [4.69, 9.17) is 0 Å². The summed E-state index contributed by atoms with van der Waals surface area (Å²) in [6.07, 6.45) is 2.17. The van der Waals surface area contributed by atoms with E-state index in [1.54, 1.807) is 17.0 Å². The van der Waals surface area contributed by atoms with Gasteiger partial charge in [0.15, 0.2) is 0 Å². The molecule has 0 bridgehead atoms. The molecule has 1 aromatic rings. The summed E-state index contributed by atoms with van der Waals surface area (Å²) in [4.78, 5) is 37.9. The van der Waals surface area contributed by atoms with Crippen molar-refractivity contribution in [3.8, 4) is 0 Å². The third kappa shape index (κ3) is 3.00. The van der Waals surface area contributed by atoms with Crippen LogP contribution in [0.25, 0.3) is 0 Å². The van der Waals surface area contributed by atoms with Crippen LogP contribution in [0.3, 0.4) is 0 Å². The number of nitrogens with zero attached hydrogens (tertiary/aromatic N) is 1. The molecule has 0 saturated carbocycles. The van der Waals surface area contributed by atoms with E-state index >= 15 is 0 Å². The molecule has 1 saturated heterocycles. The Balaban J connectivity index is 1.74. The number of benzene rings is 1. The first-order chi connectivity index (χ1) is 11.5. The average Bonchev–Trinajstić information content (AvgIpc) is 3.12. The summed E-state index contributed by atoms with van der Waals surface area (Å²) < 4.78 is 0. The highest BCUT2D eigenvalue weighted by molar-refractivity contribution is 7.99. The topological polar surface area (TPSA) is 89.5 Å². The average molecular weight is 365 g/mol. The van der Waals surface area contributed by atoms with Crippen LogP contribution in [-0.4, -0.2) is 52.5 Å². The number of carbonyl (C=O) groups is 3. The van der Waals surface area contributed by atoms with Crippen molar-refractivity contribution in [2.75, 3.05) is 17.8 Å². The van der Waals surface area contributed by atoms with Gasteiger partial charge in [0, 0.05) is 11.3 Å². The second kappa shape index (κ2) is 7.06. The van der Waals surface area contributed by atoms with Crippen molar-refractivity contribution in [1.82, 2.24) is 10.2 Å². The summed E-state index contributed by atoms with van der Waals surface area (Å²) >= 11 is 3.03. The van der Waals surface area contributed by atoms with E-state index in [9.17, 15) is 19.5 Å². The summed E-state index contributed by atoms with van der Waals surface area (Å²) in [7, 11) is 0. The van der Waals surface area contributed by atoms with E-state index in [-0.39, 0.29) is 11.3 Å². The minimum absolute atomic E-state index is 0.169. The van der Waals surface area contributed by atoms with Crippen LogP contribution in [0.5, 0.6) is 0 Å². The number of nitrogens with one attached hydrogen (secondary N) is 1. The molecular weight excluding hydrogens is 348 g/mol. The molecule has 1 N–H and O–H groups in total. The zero-order valence-corrected chi connectivity index (χ0v) is 14.7. The Kier molecular flexibility index (Phi) is 5.05. The number of rotatable bonds is 6. The van der Waals surface area contributed by atoms with E-state index in [1.807, 2.05) is 18.4 Å². The Labute approximate surface area is 148 Å². The van der Waals surface area contributed by atoms with Crippen LogP contribution < -0.4 is 10.4 Å². The number of hydrogen-bond acceptors (Lipinski definition) is 6. The zero-order chi connectivity index (χ0) is 17.3. The lowest BCUT2D eigenvalue weighted by molar-refractivity contribution is -0.308. The van der Waals surface area contributed by atoms with Crippen molar-refractivity contribution in [2.45, 2.75) is 23.9 Å². The summed E-state index contributed by atoms with van der Waals surface area (Å²) in [5.74, 6) is -0.833. The van der Waals surface area contributed by atoms with Gasteiger partial charge in [0.1, 0.15) is 11.4 Å². The lowest BCUT2D eigenvalue weighted by Gasteiger charge is -2.26. The highest BCUT2D eigenvalue weighted by Gasteiger charge is 2.48. The van der Waals surface area contributed by atoms with Crippen LogP contribution in [0.15, 0.2) is 24.3 Å². The Hall–Kier alpha value is -1.67. The number of aliphatic carboxylic acids is 1. The van der Waals surface area contributed by atoms with Crippen molar-refractivity contribution >= 4 is 41.3 Å². The van der Waals surface area contributed by atoms with E-state index in [2.05, 4.69) is 5.32 Å². The maximum Gasteiger partial charge on any atom is 0.256 e. The van der Waals surface area contributed by atoms with Gasteiger partial charge in [0.05, 0.1) is 12.0 Å². The first kappa shape index (κ1) is 17.2. The molecule has 3 atom stereocenters. The number of hydrogen-bond donors (Lipinski definition) is 1. The van der Waals surface area contributed by atoms with Crippen molar-refractivity contribution in [3.05, 3.63) is 35.4 Å². The Morgan fingerprint density at radius 2 is 2.21 bits per heavy atom. The fourth-order valence-electron chi connectivity index (χ4n) is 2.99. The Morgan fingerprint density at radius 3 is 2.92 bits per heavy atom. The molecule has 24 heavy (non-hydrogen) atoms. The molecule has 0 aromatic heterocycles. The lowest BCUT2D eigenvalue weighted by atomic mass is 10.1. The molecule has 0 unspecified atom stereocenters. The predicted molar refractivity (Wildman–Crippen MR) is 91.5 cm³/mol. The maximum atomic E-state index is 12.6. The fraction of sp³-hybridized carbons (Fsp3) is 0.438. The van der Waals surface area contributed by atoms with E-state index in [0.29, 0.717) is 23.5 Å². The molecule has 2 aliphatic rings. The molecule has 3 rings (SSSR count). The van der Waals surface area contributed by atoms with Gasteiger partial charge in [0.2, 0.25) is 5.91 Å². The highest BCUT2D eigenvalue weighted by atomic mass is 32.2. The normalized spacial score (nSPS) is 22.9. The molecule has 1 fully saturated rings. The first-order valence-electron chi connectivity index (χ1n) is 7.58. The highest BCUT2D eigenvalue weighted by Crippen LogP contribution is 2.48. The smallest absolute Gasteiger partial charge is 0.256 e. The number of carboxylic acids is 1. The van der Waals surface area contributed by atoms with Gasteiger partial charge in [-0.25, -0.2) is 0 Å². The minimum atomic E-state index is -1.30. The minimum Gasteiger partial charge on any atom is -0.548 e. The fourth-order valence-corrected chi connectivity index (χ4v) is 4.93. The molecule has 0 spiro atoms. The quantitative estimate of drug-likeness (QED) is 0.777. The van der Waals surface area contributed by atoms with Crippen molar-refractivity contribution in [3.63, 3.8) is 0 Å². The van der Waals surface area contributed by atoms with Crippen LogP contribution in [-0.2, 0) is 9.59 Å². The Morgan fingerprint density at radius 1 is 1.46 bits per heavy atom. The van der Waals surface area contributed by atoms with Crippen LogP contribution in [0.4, 0.5) is 0 Å². The van der Waals surface area contributed by atoms with E-state index in [0.717, 1.165) is 5.56 Å². The molecule has 2 aliphatic heterocycles. The van der Waals surface area contributed by atoms with Crippen molar-refractivity contribution in [1.29, 1.82) is 0 Å². The van der Waals surface area contributed by atoms with Gasteiger partial charge in [-0.2, -0.15) is 11.8 Å². The van der Waals surface area contributed by atoms with Crippen molar-refractivity contribution < 1.29 is 19.5 Å². The molecule has 2 amide bonds. The zero-order valence-electron chi connectivity index (χ0n) is 13.1. The van der Waals surface area contributed by atoms with Gasteiger partial charge in [-0.05, 0) is 30.1 Å². The summed E-state index contributed by atoms with van der Waals surface area (Å²) in [6.45, 7) is 0. The van der Waals surface area contributed by atoms with Crippen LogP contribution in [0, 0.1) is 0 Å². The molecule has 0 aliphatic carbocycles. The van der Waals surface area contributed by atoms with Gasteiger partial charge in [0.25, 0.3) is 5.91 Å². The largest absolute Gasteiger partial charge is 0.548 e. The van der Waals surface area contributed by atoms with Crippen molar-refractivity contribution in [2.24, 2.45) is 0 Å². The number of fused-ring (bicyclic) bond motifs is 3. The first-order valence-corrected chi connectivity index (χ1v) is 10.0. The molecular formula is C16H17N2O4S2-. The van der Waals surface area contributed by atoms with Gasteiger partial charge < -0.3 is 20.1 Å². The monoisotopic (exact) mass is 365 g/mol. The third-order valence-electron chi connectivity index (χ3n) is 4.21. The summed E-state index contributed by atoms with van der Waals surface area (Å²) in [5.41, 5.74) is 1.54. The third-order valence-corrected chi connectivity index (χ3v) is 6.16. The van der Waals surface area contributed by atoms with Crippen LogP contribution >= 0.6 is 23.5 Å². The van der Waals surface area contributed by atoms with Crippen LogP contribution in [0.1, 0.15) is 27.7 Å². The summed E-state index contributed by atoms with van der Waals surface area (Å²) in [5, 5.41) is 13.6. The van der Waals surface area contributed by atoms with E-state index < -0.39 is 24.0 Å². The van der Waals surface area contributed by atoms with Gasteiger partial charge in [-0.1, -0.05) is 18.2 Å². The lowest BCUT2D eigenvalue weighted by Crippen LogP contribution is -2.54. The number of amides is 2. The molecule has 0 radical (unpaired) electrons. The van der Waals surface area contributed by atoms with Gasteiger partial charge in [-0.3, -0.25) is 9.59 Å². The van der Waals surface area contributed by atoms with E-state index in [1.165, 1.54) is 23.5 Å². The number of carboxylic acid groups (broad SMARTS) is 1. The van der Waals surface area contributed by atoms with Gasteiger partial charge >= 0.3 is 0 Å². The SMILES string of the molecule is CSCC[C@H](NC(=O)[C@@H]1CS[C@@H]2c3ccccc3C(=O)N21)C(=O)[O-]. The standard InChI is InChI=1S/C16H18N2O4S2/c1-23-7-6-11(16(21)22)17-13(19)12-8-24-15-10-5-3-2-4-9(10)14(20)18(12)15/h2-5,11-12,15H,6-8H2,1H3,(H,17,19)(H,21,22)/p-1/t11-,12-,15+/m0/s1. The Bertz CT molecular complexity index is 682. The summed E-state index contributed by atoms with van der Waals surface area (Å²) in [6, 6.07) is 5.64. The molecule has 8 heteroatoms. The van der Waals surface area contributed by atoms with Gasteiger partial charge in [-0.15, -0.1) is 11.8 Å². The maximum absolute atomic E-state index is 12.6. The molecule has 6 nitrogen and oxygen atoms in total. The van der Waals surface area contributed by atoms with Crippen LogP contribution in [0.2, 0.25) is 0 Å². The molecule has 128 valence electrons. The second-order valence-electron chi connectivity index (χ2n) is 5.66. The number of carbonyl (C=O) groups excluding carboxylic acids is 3. The number of thioether (sulfide) groups is 2. The second-order valence-corrected chi connectivity index (χ2v) is 7.76. The molecule has 2 heterocycles. The molecule has 1 aromatic carbocycles.